The van der Waals surface area contributed by atoms with E-state index >= 15 is 0 Å². The molecule has 0 aliphatic carbocycles. The number of likely N-dealkylation sites (N-methyl/N-ethyl adjacent to an activating group) is 1. The van der Waals surface area contributed by atoms with Crippen LogP contribution in [0.25, 0.3) is 0 Å². The number of benzene rings is 1. The van der Waals surface area contributed by atoms with Crippen molar-refractivity contribution in [1.29, 1.82) is 0 Å². The van der Waals surface area contributed by atoms with Crippen LogP contribution in [0.2, 0.25) is 5.02 Å². The van der Waals surface area contributed by atoms with E-state index in [0.29, 0.717) is 10.6 Å². The first-order chi connectivity index (χ1) is 8.72. The predicted molar refractivity (Wildman–Crippen MR) is 74.9 cm³/mol. The Labute approximate surface area is 116 Å². The number of thioether (sulfide) groups is 1. The first-order valence-corrected chi connectivity index (χ1v) is 7.63. The Bertz CT molecular complexity index is 399. The molecule has 0 bridgehead atoms. The van der Waals surface area contributed by atoms with Gasteiger partial charge in [-0.05, 0) is 18.7 Å². The second-order valence-electron chi connectivity index (χ2n) is 4.19. The highest BCUT2D eigenvalue weighted by Crippen LogP contribution is 2.28. The second kappa shape index (κ2) is 6.75. The normalized spacial score (nSPS) is 21.8. The van der Waals surface area contributed by atoms with E-state index in [9.17, 15) is 4.39 Å². The van der Waals surface area contributed by atoms with Gasteiger partial charge in [0.25, 0.3) is 0 Å². The van der Waals surface area contributed by atoms with Gasteiger partial charge in [-0.1, -0.05) is 24.6 Å². The van der Waals surface area contributed by atoms with Crippen molar-refractivity contribution in [2.75, 3.05) is 24.7 Å². The van der Waals surface area contributed by atoms with E-state index in [2.05, 4.69) is 5.32 Å². The van der Waals surface area contributed by atoms with Crippen molar-refractivity contribution in [2.24, 2.45) is 0 Å². The summed E-state index contributed by atoms with van der Waals surface area (Å²) in [6, 6.07) is 4.71. The number of rotatable bonds is 4. The zero-order chi connectivity index (χ0) is 13.0. The number of hydrogen-bond acceptors (Lipinski definition) is 3. The Hall–Kier alpha value is -0.290. The molecular weight excluding hydrogens is 273 g/mol. The summed E-state index contributed by atoms with van der Waals surface area (Å²) in [5.41, 5.74) is 0.633. The summed E-state index contributed by atoms with van der Waals surface area (Å²) in [7, 11) is 0. The maximum absolute atomic E-state index is 14.0. The molecule has 0 aromatic heterocycles. The van der Waals surface area contributed by atoms with Gasteiger partial charge < -0.3 is 10.1 Å². The lowest BCUT2D eigenvalue weighted by Gasteiger charge is -2.31. The molecule has 1 heterocycles. The van der Waals surface area contributed by atoms with Crippen LogP contribution in [0, 0.1) is 5.82 Å². The minimum atomic E-state index is -0.271. The molecule has 0 amide bonds. The second-order valence-corrected chi connectivity index (χ2v) is 5.77. The molecule has 1 aliphatic rings. The molecule has 1 aromatic carbocycles. The minimum Gasteiger partial charge on any atom is -0.375 e. The van der Waals surface area contributed by atoms with Crippen LogP contribution in [0.5, 0.6) is 0 Å². The van der Waals surface area contributed by atoms with Gasteiger partial charge in [-0.2, -0.15) is 11.8 Å². The summed E-state index contributed by atoms with van der Waals surface area (Å²) in [5.74, 6) is 1.63. The van der Waals surface area contributed by atoms with Gasteiger partial charge in [-0.25, -0.2) is 4.39 Å². The average Bonchev–Trinajstić information content (AvgIpc) is 2.38. The third-order valence-electron chi connectivity index (χ3n) is 2.94. The first kappa shape index (κ1) is 14.1. The van der Waals surface area contributed by atoms with E-state index in [-0.39, 0.29) is 18.0 Å². The maximum atomic E-state index is 14.0. The quantitative estimate of drug-likeness (QED) is 0.919. The Balaban J connectivity index is 2.22. The summed E-state index contributed by atoms with van der Waals surface area (Å²) in [4.78, 5) is 0. The Morgan fingerprint density at radius 2 is 2.44 bits per heavy atom. The topological polar surface area (TPSA) is 21.3 Å². The van der Waals surface area contributed by atoms with Gasteiger partial charge >= 0.3 is 0 Å². The maximum Gasteiger partial charge on any atom is 0.129 e. The molecule has 1 aromatic rings. The molecule has 1 aliphatic heterocycles. The molecule has 1 N–H and O–H groups in total. The Morgan fingerprint density at radius 1 is 1.61 bits per heavy atom. The summed E-state index contributed by atoms with van der Waals surface area (Å²) >= 11 is 7.64. The van der Waals surface area contributed by atoms with Crippen LogP contribution in [0.4, 0.5) is 4.39 Å². The highest BCUT2D eigenvalue weighted by Gasteiger charge is 2.27. The van der Waals surface area contributed by atoms with Crippen LogP contribution in [-0.4, -0.2) is 30.8 Å². The molecule has 100 valence electrons. The highest BCUT2D eigenvalue weighted by atomic mass is 35.5. The summed E-state index contributed by atoms with van der Waals surface area (Å²) < 4.78 is 19.7. The minimum absolute atomic E-state index is 0.0133. The molecular formula is C13H17ClFNOS. The summed E-state index contributed by atoms with van der Waals surface area (Å²) in [6.07, 6.45) is 0.0133. The van der Waals surface area contributed by atoms with E-state index in [1.54, 1.807) is 12.1 Å². The molecule has 0 radical (unpaired) electrons. The fourth-order valence-electron chi connectivity index (χ4n) is 2.11. The Kier molecular flexibility index (Phi) is 5.30. The van der Waals surface area contributed by atoms with Crippen LogP contribution >= 0.6 is 23.4 Å². The standard InChI is InChI=1S/C13H17ClFNOS/c1-2-16-13(12-8-18-6-5-17-12)10-4-3-9(14)7-11(10)15/h3-4,7,12-13,16H,2,5-6,8H2,1H3. The van der Waals surface area contributed by atoms with Gasteiger partial charge in [0.2, 0.25) is 0 Å². The number of ether oxygens (including phenoxy) is 1. The predicted octanol–water partition coefficient (Wildman–Crippen LogP) is 3.26. The van der Waals surface area contributed by atoms with Crippen LogP contribution in [-0.2, 0) is 4.74 Å². The van der Waals surface area contributed by atoms with Crippen molar-refractivity contribution in [1.82, 2.24) is 5.32 Å². The van der Waals surface area contributed by atoms with Gasteiger partial charge in [-0.15, -0.1) is 0 Å². The highest BCUT2D eigenvalue weighted by molar-refractivity contribution is 7.99. The molecule has 0 saturated carbocycles. The third kappa shape index (κ3) is 3.38. The van der Waals surface area contributed by atoms with Crippen molar-refractivity contribution in [3.05, 3.63) is 34.6 Å². The summed E-state index contributed by atoms with van der Waals surface area (Å²) in [5, 5.41) is 3.73. The lowest BCUT2D eigenvalue weighted by atomic mass is 10.0. The zero-order valence-electron chi connectivity index (χ0n) is 10.3. The summed E-state index contributed by atoms with van der Waals surface area (Å²) in [6.45, 7) is 3.51. The molecule has 18 heavy (non-hydrogen) atoms. The van der Waals surface area contributed by atoms with E-state index in [0.717, 1.165) is 24.7 Å². The number of halogens is 2. The van der Waals surface area contributed by atoms with Gasteiger partial charge in [0.1, 0.15) is 5.82 Å². The lowest BCUT2D eigenvalue weighted by Crippen LogP contribution is -2.38. The lowest BCUT2D eigenvalue weighted by molar-refractivity contribution is 0.0463. The average molecular weight is 290 g/mol. The molecule has 1 saturated heterocycles. The molecule has 2 atom stereocenters. The van der Waals surface area contributed by atoms with Gasteiger partial charge in [0.15, 0.2) is 0 Å². The number of hydrogen-bond donors (Lipinski definition) is 1. The van der Waals surface area contributed by atoms with E-state index in [4.69, 9.17) is 16.3 Å². The van der Waals surface area contributed by atoms with Crippen molar-refractivity contribution >= 4 is 23.4 Å². The van der Waals surface area contributed by atoms with Gasteiger partial charge in [-0.3, -0.25) is 0 Å². The molecule has 2 nitrogen and oxygen atoms in total. The SMILES string of the molecule is CCNC(c1ccc(Cl)cc1F)C1CSCCO1. The van der Waals surface area contributed by atoms with Crippen LogP contribution < -0.4 is 5.32 Å². The van der Waals surface area contributed by atoms with Crippen molar-refractivity contribution in [2.45, 2.75) is 19.1 Å². The number of nitrogens with one attached hydrogen (secondary N) is 1. The van der Waals surface area contributed by atoms with E-state index < -0.39 is 0 Å². The molecule has 1 fully saturated rings. The fourth-order valence-corrected chi connectivity index (χ4v) is 3.17. The molecule has 2 unspecified atom stereocenters. The van der Waals surface area contributed by atoms with Crippen molar-refractivity contribution in [3.8, 4) is 0 Å². The van der Waals surface area contributed by atoms with E-state index in [1.165, 1.54) is 6.07 Å². The zero-order valence-corrected chi connectivity index (χ0v) is 11.9. The Morgan fingerprint density at radius 3 is 3.06 bits per heavy atom. The van der Waals surface area contributed by atoms with Crippen LogP contribution in [0.1, 0.15) is 18.5 Å². The van der Waals surface area contributed by atoms with Crippen LogP contribution in [0.15, 0.2) is 18.2 Å². The third-order valence-corrected chi connectivity index (χ3v) is 4.19. The van der Waals surface area contributed by atoms with Crippen LogP contribution in [0.3, 0.4) is 0 Å². The van der Waals surface area contributed by atoms with E-state index in [1.807, 2.05) is 18.7 Å². The largest absolute Gasteiger partial charge is 0.375 e. The molecule has 0 spiro atoms. The monoisotopic (exact) mass is 289 g/mol. The van der Waals surface area contributed by atoms with Gasteiger partial charge in [0.05, 0.1) is 18.8 Å². The first-order valence-electron chi connectivity index (χ1n) is 6.10. The van der Waals surface area contributed by atoms with Crippen molar-refractivity contribution < 1.29 is 9.13 Å². The molecule has 5 heteroatoms. The van der Waals surface area contributed by atoms with Crippen molar-refractivity contribution in [3.63, 3.8) is 0 Å². The smallest absolute Gasteiger partial charge is 0.129 e. The molecule has 2 rings (SSSR count). The van der Waals surface area contributed by atoms with Gasteiger partial charge in [0, 0.05) is 22.1 Å². The fraction of sp³-hybridized carbons (Fsp3) is 0.538.